The van der Waals surface area contributed by atoms with Crippen molar-refractivity contribution >= 4 is 15.9 Å². The third-order valence-corrected chi connectivity index (χ3v) is 3.58. The molecule has 20 heavy (non-hydrogen) atoms. The third kappa shape index (κ3) is 4.98. The van der Waals surface area contributed by atoms with E-state index >= 15 is 0 Å². The van der Waals surface area contributed by atoms with Gasteiger partial charge in [0.25, 0.3) is 0 Å². The van der Waals surface area contributed by atoms with E-state index in [4.69, 9.17) is 15.2 Å². The van der Waals surface area contributed by atoms with Crippen LogP contribution < -0.4 is 15.2 Å². The van der Waals surface area contributed by atoms with Gasteiger partial charge in [-0.1, -0.05) is 36.7 Å². The van der Waals surface area contributed by atoms with Gasteiger partial charge in [-0.05, 0) is 43.4 Å². The van der Waals surface area contributed by atoms with Crippen molar-refractivity contribution in [3.63, 3.8) is 0 Å². The number of hydrogen-bond acceptors (Lipinski definition) is 3. The molecule has 0 spiro atoms. The van der Waals surface area contributed by atoms with Gasteiger partial charge < -0.3 is 15.2 Å². The first kappa shape index (κ1) is 17.3. The highest BCUT2D eigenvalue weighted by atomic mass is 79.9. The molecule has 0 aliphatic rings. The van der Waals surface area contributed by atoms with E-state index in [1.165, 1.54) is 0 Å². The number of ether oxygens (including phenoxy) is 2. The van der Waals surface area contributed by atoms with E-state index in [0.29, 0.717) is 13.2 Å². The summed E-state index contributed by atoms with van der Waals surface area (Å²) in [4.78, 5) is 0. The van der Waals surface area contributed by atoms with Crippen molar-refractivity contribution in [1.82, 2.24) is 0 Å². The van der Waals surface area contributed by atoms with E-state index in [2.05, 4.69) is 36.7 Å². The van der Waals surface area contributed by atoms with Crippen molar-refractivity contribution in [2.75, 3.05) is 13.2 Å². The van der Waals surface area contributed by atoms with Crippen LogP contribution in [0.5, 0.6) is 11.5 Å². The number of nitrogens with two attached hydrogens (primary N) is 1. The molecular weight excluding hydrogens is 318 g/mol. The molecule has 0 amide bonds. The molecular formula is C16H26BrNO2. The van der Waals surface area contributed by atoms with Crippen LogP contribution in [0.4, 0.5) is 0 Å². The monoisotopic (exact) mass is 343 g/mol. The van der Waals surface area contributed by atoms with Crippen LogP contribution in [0.2, 0.25) is 0 Å². The lowest BCUT2D eigenvalue weighted by Gasteiger charge is -2.25. The number of hydrogen-bond donors (Lipinski definition) is 1. The minimum atomic E-state index is -0.0285. The zero-order chi connectivity index (χ0) is 15.3. The maximum atomic E-state index is 6.34. The van der Waals surface area contributed by atoms with E-state index < -0.39 is 0 Å². The summed E-state index contributed by atoms with van der Waals surface area (Å²) in [6.07, 6.45) is 0.908. The number of rotatable bonds is 6. The molecule has 0 heterocycles. The van der Waals surface area contributed by atoms with Gasteiger partial charge in [0.15, 0.2) is 11.5 Å². The van der Waals surface area contributed by atoms with Crippen molar-refractivity contribution in [3.8, 4) is 11.5 Å². The summed E-state index contributed by atoms with van der Waals surface area (Å²) in [5.74, 6) is 1.52. The predicted molar refractivity (Wildman–Crippen MR) is 87.5 cm³/mol. The Bertz CT molecular complexity index is 441. The van der Waals surface area contributed by atoms with Crippen molar-refractivity contribution in [2.24, 2.45) is 11.1 Å². The highest BCUT2D eigenvalue weighted by Gasteiger charge is 2.21. The first-order valence-corrected chi connectivity index (χ1v) is 7.92. The van der Waals surface area contributed by atoms with Crippen molar-refractivity contribution in [3.05, 3.63) is 22.2 Å². The quantitative estimate of drug-likeness (QED) is 0.815. The van der Waals surface area contributed by atoms with Gasteiger partial charge in [0.1, 0.15) is 0 Å². The Labute approximate surface area is 131 Å². The zero-order valence-corrected chi connectivity index (χ0v) is 14.7. The fourth-order valence-electron chi connectivity index (χ4n) is 2.14. The van der Waals surface area contributed by atoms with Gasteiger partial charge in [-0.2, -0.15) is 0 Å². The molecule has 0 aliphatic carbocycles. The lowest BCUT2D eigenvalue weighted by Crippen LogP contribution is -2.19. The summed E-state index contributed by atoms with van der Waals surface area (Å²) in [6.45, 7) is 11.7. The summed E-state index contributed by atoms with van der Waals surface area (Å²) in [5, 5.41) is 0. The molecule has 1 unspecified atom stereocenters. The minimum Gasteiger partial charge on any atom is -0.490 e. The maximum absolute atomic E-state index is 6.34. The van der Waals surface area contributed by atoms with Crippen molar-refractivity contribution in [1.29, 1.82) is 0 Å². The molecule has 0 aliphatic heterocycles. The third-order valence-electron chi connectivity index (χ3n) is 2.89. The average molecular weight is 344 g/mol. The van der Waals surface area contributed by atoms with Gasteiger partial charge in [-0.25, -0.2) is 0 Å². The smallest absolute Gasteiger partial charge is 0.162 e. The molecule has 1 aromatic rings. The molecule has 1 aromatic carbocycles. The highest BCUT2D eigenvalue weighted by molar-refractivity contribution is 9.10. The van der Waals surface area contributed by atoms with Gasteiger partial charge in [0.05, 0.1) is 13.2 Å². The summed E-state index contributed by atoms with van der Waals surface area (Å²) in [5.41, 5.74) is 7.59. The second-order valence-electron chi connectivity index (χ2n) is 6.06. The van der Waals surface area contributed by atoms with Crippen LogP contribution in [0.3, 0.4) is 0 Å². The first-order chi connectivity index (χ1) is 9.28. The SMILES string of the molecule is CCOc1cc(Br)c(C(N)CC(C)(C)C)cc1OCC. The molecule has 0 aromatic heterocycles. The topological polar surface area (TPSA) is 44.5 Å². The van der Waals surface area contributed by atoms with Crippen molar-refractivity contribution in [2.45, 2.75) is 47.1 Å². The Hall–Kier alpha value is -0.740. The van der Waals surface area contributed by atoms with E-state index in [1.807, 2.05) is 26.0 Å². The van der Waals surface area contributed by atoms with Gasteiger partial charge >= 0.3 is 0 Å². The summed E-state index contributed by atoms with van der Waals surface area (Å²) in [7, 11) is 0. The number of benzene rings is 1. The van der Waals surface area contributed by atoms with Gasteiger partial charge in [-0.15, -0.1) is 0 Å². The fraction of sp³-hybridized carbons (Fsp3) is 0.625. The minimum absolute atomic E-state index is 0.0285. The predicted octanol–water partition coefficient (Wildman–Crippen LogP) is 4.68. The highest BCUT2D eigenvalue weighted by Crippen LogP contribution is 2.38. The van der Waals surface area contributed by atoms with Crippen LogP contribution in [0.25, 0.3) is 0 Å². The Morgan fingerprint density at radius 3 is 2.05 bits per heavy atom. The van der Waals surface area contributed by atoms with Crippen LogP contribution in [0.1, 0.15) is 52.6 Å². The van der Waals surface area contributed by atoms with Gasteiger partial charge in [0.2, 0.25) is 0 Å². The van der Waals surface area contributed by atoms with Crippen LogP contribution in [0.15, 0.2) is 16.6 Å². The van der Waals surface area contributed by atoms with Gasteiger partial charge in [0, 0.05) is 10.5 Å². The molecule has 0 radical (unpaired) electrons. The summed E-state index contributed by atoms with van der Waals surface area (Å²) >= 11 is 3.60. The van der Waals surface area contributed by atoms with E-state index in [0.717, 1.165) is 28.0 Å². The maximum Gasteiger partial charge on any atom is 0.162 e. The second kappa shape index (κ2) is 7.32. The molecule has 2 N–H and O–H groups in total. The lowest BCUT2D eigenvalue weighted by atomic mass is 9.86. The van der Waals surface area contributed by atoms with Gasteiger partial charge in [-0.3, -0.25) is 0 Å². The van der Waals surface area contributed by atoms with E-state index in [9.17, 15) is 0 Å². The lowest BCUT2D eigenvalue weighted by molar-refractivity contribution is 0.286. The van der Waals surface area contributed by atoms with Crippen LogP contribution in [-0.4, -0.2) is 13.2 Å². The largest absolute Gasteiger partial charge is 0.490 e. The average Bonchev–Trinajstić information content (AvgIpc) is 2.30. The molecule has 114 valence electrons. The summed E-state index contributed by atoms with van der Waals surface area (Å²) < 4.78 is 12.2. The Kier molecular flexibility index (Phi) is 6.34. The van der Waals surface area contributed by atoms with Crippen molar-refractivity contribution < 1.29 is 9.47 Å². The van der Waals surface area contributed by atoms with Crippen LogP contribution in [0, 0.1) is 5.41 Å². The van der Waals surface area contributed by atoms with Crippen LogP contribution in [-0.2, 0) is 0 Å². The van der Waals surface area contributed by atoms with E-state index in [1.54, 1.807) is 0 Å². The van der Waals surface area contributed by atoms with Crippen LogP contribution >= 0.6 is 15.9 Å². The zero-order valence-electron chi connectivity index (χ0n) is 13.1. The standard InChI is InChI=1S/C16H26BrNO2/c1-6-19-14-8-11(13(18)10-16(3,4)5)12(17)9-15(14)20-7-2/h8-9,13H,6-7,10,18H2,1-5H3. The normalized spacial score (nSPS) is 13.2. The Balaban J connectivity index is 3.10. The second-order valence-corrected chi connectivity index (χ2v) is 6.91. The first-order valence-electron chi connectivity index (χ1n) is 7.13. The molecule has 0 saturated heterocycles. The molecule has 0 saturated carbocycles. The fourth-order valence-corrected chi connectivity index (χ4v) is 2.76. The number of halogens is 1. The molecule has 3 nitrogen and oxygen atoms in total. The Morgan fingerprint density at radius 2 is 1.60 bits per heavy atom. The Morgan fingerprint density at radius 1 is 1.10 bits per heavy atom. The molecule has 0 fully saturated rings. The molecule has 4 heteroatoms. The molecule has 0 bridgehead atoms. The summed E-state index contributed by atoms with van der Waals surface area (Å²) in [6, 6.07) is 3.92. The molecule has 1 rings (SSSR count). The molecule has 1 atom stereocenters. The van der Waals surface area contributed by atoms with E-state index in [-0.39, 0.29) is 11.5 Å².